The van der Waals surface area contributed by atoms with Crippen LogP contribution < -0.4 is 0 Å². The van der Waals surface area contributed by atoms with Gasteiger partial charge < -0.3 is 10.2 Å². The van der Waals surface area contributed by atoms with Crippen molar-refractivity contribution in [2.24, 2.45) is 11.8 Å². The van der Waals surface area contributed by atoms with Gasteiger partial charge >= 0.3 is 0 Å². The predicted octanol–water partition coefficient (Wildman–Crippen LogP) is 2.57. The molecule has 0 amide bonds. The molecule has 2 aromatic rings. The van der Waals surface area contributed by atoms with Crippen molar-refractivity contribution in [1.29, 1.82) is 0 Å². The second-order valence-corrected chi connectivity index (χ2v) is 6.24. The third-order valence-corrected chi connectivity index (χ3v) is 4.61. The van der Waals surface area contributed by atoms with Crippen LogP contribution in [0, 0.1) is 11.8 Å². The highest BCUT2D eigenvalue weighted by atomic mass is 35.5. The number of aliphatic hydroxyl groups is 1. The van der Waals surface area contributed by atoms with E-state index >= 15 is 0 Å². The molecule has 3 rings (SSSR count). The second-order valence-electron chi connectivity index (χ2n) is 5.80. The zero-order valence-corrected chi connectivity index (χ0v) is 12.5. The lowest BCUT2D eigenvalue weighted by Gasteiger charge is -2.35. The molecule has 1 saturated carbocycles. The SMILES string of the molecule is CC(C1CC1)C(O)(Cn1cncn1)c1ccc(Cl)cc1O. The number of rotatable bonds is 5. The topological polar surface area (TPSA) is 71.2 Å². The van der Waals surface area contributed by atoms with Crippen LogP contribution in [0.3, 0.4) is 0 Å². The van der Waals surface area contributed by atoms with E-state index in [4.69, 9.17) is 11.6 Å². The van der Waals surface area contributed by atoms with Gasteiger partial charge in [-0.1, -0.05) is 24.6 Å². The van der Waals surface area contributed by atoms with Crippen LogP contribution in [0.2, 0.25) is 5.02 Å². The summed E-state index contributed by atoms with van der Waals surface area (Å²) >= 11 is 5.90. The van der Waals surface area contributed by atoms with Gasteiger partial charge in [-0.15, -0.1) is 0 Å². The third-order valence-electron chi connectivity index (χ3n) is 4.38. The third kappa shape index (κ3) is 2.76. The summed E-state index contributed by atoms with van der Waals surface area (Å²) in [5.74, 6) is 0.486. The first-order valence-electron chi connectivity index (χ1n) is 7.04. The van der Waals surface area contributed by atoms with E-state index in [1.54, 1.807) is 23.1 Å². The van der Waals surface area contributed by atoms with E-state index < -0.39 is 5.60 Å². The first-order valence-corrected chi connectivity index (χ1v) is 7.42. The molecule has 0 aliphatic heterocycles. The summed E-state index contributed by atoms with van der Waals surface area (Å²) in [5, 5.41) is 26.0. The lowest BCUT2D eigenvalue weighted by molar-refractivity contribution is -0.0458. The highest BCUT2D eigenvalue weighted by Crippen LogP contribution is 2.48. The van der Waals surface area contributed by atoms with Gasteiger partial charge in [-0.25, -0.2) is 9.67 Å². The Kier molecular flexibility index (Phi) is 3.63. The standard InChI is InChI=1S/C15H18ClN3O2/c1-10(11-2-3-11)15(21,7-19-9-17-8-18-19)13-5-4-12(16)6-14(13)20/h4-6,8-11,20-21H,2-3,7H2,1H3. The van der Waals surface area contributed by atoms with Gasteiger partial charge in [-0.05, 0) is 36.8 Å². The van der Waals surface area contributed by atoms with Gasteiger partial charge in [0.2, 0.25) is 0 Å². The molecule has 1 aliphatic carbocycles. The molecule has 1 fully saturated rings. The Morgan fingerprint density at radius 2 is 2.24 bits per heavy atom. The van der Waals surface area contributed by atoms with E-state index in [1.807, 2.05) is 6.92 Å². The summed E-state index contributed by atoms with van der Waals surface area (Å²) in [5.41, 5.74) is -0.717. The van der Waals surface area contributed by atoms with Crippen LogP contribution in [0.15, 0.2) is 30.9 Å². The highest BCUT2D eigenvalue weighted by Gasteiger charge is 2.45. The molecule has 5 nitrogen and oxygen atoms in total. The van der Waals surface area contributed by atoms with Crippen molar-refractivity contribution in [2.45, 2.75) is 31.9 Å². The van der Waals surface area contributed by atoms with E-state index in [-0.39, 0.29) is 18.2 Å². The number of benzene rings is 1. The van der Waals surface area contributed by atoms with E-state index in [0.717, 1.165) is 12.8 Å². The minimum Gasteiger partial charge on any atom is -0.508 e. The van der Waals surface area contributed by atoms with E-state index in [1.165, 1.54) is 12.4 Å². The van der Waals surface area contributed by atoms with E-state index in [9.17, 15) is 10.2 Å². The predicted molar refractivity (Wildman–Crippen MR) is 78.9 cm³/mol. The van der Waals surface area contributed by atoms with Gasteiger partial charge in [0.15, 0.2) is 0 Å². The highest BCUT2D eigenvalue weighted by molar-refractivity contribution is 6.30. The van der Waals surface area contributed by atoms with Gasteiger partial charge in [0, 0.05) is 10.6 Å². The summed E-state index contributed by atoms with van der Waals surface area (Å²) in [7, 11) is 0. The Morgan fingerprint density at radius 3 is 2.81 bits per heavy atom. The maximum absolute atomic E-state index is 11.3. The minimum absolute atomic E-state index is 0.00813. The van der Waals surface area contributed by atoms with Crippen molar-refractivity contribution in [2.75, 3.05) is 0 Å². The molecule has 0 saturated heterocycles. The number of phenols is 1. The van der Waals surface area contributed by atoms with Crippen molar-refractivity contribution in [3.63, 3.8) is 0 Å². The maximum atomic E-state index is 11.3. The van der Waals surface area contributed by atoms with E-state index in [2.05, 4.69) is 10.1 Å². The number of hydrogen-bond acceptors (Lipinski definition) is 4. The Bertz CT molecular complexity index is 628. The zero-order valence-electron chi connectivity index (χ0n) is 11.8. The number of halogens is 1. The molecule has 1 aromatic carbocycles. The summed E-state index contributed by atoms with van der Waals surface area (Å²) in [4.78, 5) is 3.91. The van der Waals surface area contributed by atoms with Gasteiger partial charge in [0.1, 0.15) is 24.0 Å². The molecule has 0 radical (unpaired) electrons. The minimum atomic E-state index is -1.20. The number of hydrogen-bond donors (Lipinski definition) is 2. The van der Waals surface area contributed by atoms with Crippen molar-refractivity contribution in [3.05, 3.63) is 41.4 Å². The van der Waals surface area contributed by atoms with Crippen molar-refractivity contribution in [3.8, 4) is 5.75 Å². The van der Waals surface area contributed by atoms with Gasteiger partial charge in [0.25, 0.3) is 0 Å². The number of aromatic hydroxyl groups is 1. The fourth-order valence-electron chi connectivity index (χ4n) is 2.89. The molecular weight excluding hydrogens is 290 g/mol. The lowest BCUT2D eigenvalue weighted by Crippen LogP contribution is -2.39. The molecule has 1 heterocycles. The van der Waals surface area contributed by atoms with Crippen LogP contribution >= 0.6 is 11.6 Å². The molecule has 0 spiro atoms. The fourth-order valence-corrected chi connectivity index (χ4v) is 3.06. The summed E-state index contributed by atoms with van der Waals surface area (Å²) in [6.45, 7) is 2.27. The molecule has 2 unspecified atom stereocenters. The van der Waals surface area contributed by atoms with Crippen LogP contribution in [-0.2, 0) is 12.1 Å². The molecule has 2 atom stereocenters. The van der Waals surface area contributed by atoms with E-state index in [0.29, 0.717) is 16.5 Å². The quantitative estimate of drug-likeness (QED) is 0.890. The van der Waals surface area contributed by atoms with Crippen molar-refractivity contribution < 1.29 is 10.2 Å². The monoisotopic (exact) mass is 307 g/mol. The molecule has 112 valence electrons. The Labute approximate surface area is 128 Å². The number of nitrogens with zero attached hydrogens (tertiary/aromatic N) is 3. The summed E-state index contributed by atoms with van der Waals surface area (Å²) in [6, 6.07) is 4.83. The van der Waals surface area contributed by atoms with Crippen LogP contribution in [0.1, 0.15) is 25.3 Å². The van der Waals surface area contributed by atoms with Crippen LogP contribution in [0.4, 0.5) is 0 Å². The second kappa shape index (κ2) is 5.31. The van der Waals surface area contributed by atoms with Gasteiger partial charge in [-0.2, -0.15) is 5.10 Å². The molecule has 6 heteroatoms. The molecular formula is C15H18ClN3O2. The summed E-state index contributed by atoms with van der Waals surface area (Å²) < 4.78 is 1.59. The number of aromatic nitrogens is 3. The van der Waals surface area contributed by atoms with Crippen LogP contribution in [-0.4, -0.2) is 25.0 Å². The Morgan fingerprint density at radius 1 is 1.48 bits per heavy atom. The first-order chi connectivity index (χ1) is 10.0. The smallest absolute Gasteiger partial charge is 0.137 e. The molecule has 1 aliphatic rings. The van der Waals surface area contributed by atoms with Crippen LogP contribution in [0.25, 0.3) is 0 Å². The molecule has 2 N–H and O–H groups in total. The fraction of sp³-hybridized carbons (Fsp3) is 0.467. The molecule has 21 heavy (non-hydrogen) atoms. The maximum Gasteiger partial charge on any atom is 0.137 e. The average Bonchev–Trinajstić information content (AvgIpc) is 3.16. The van der Waals surface area contributed by atoms with Gasteiger partial charge in [0.05, 0.1) is 6.54 Å². The van der Waals surface area contributed by atoms with Gasteiger partial charge in [-0.3, -0.25) is 0 Å². The summed E-state index contributed by atoms with van der Waals surface area (Å²) in [6.07, 6.45) is 5.21. The Hall–Kier alpha value is -1.59. The molecule has 0 bridgehead atoms. The number of phenolic OH excluding ortho intramolecular Hbond substituents is 1. The van der Waals surface area contributed by atoms with Crippen molar-refractivity contribution >= 4 is 11.6 Å². The first kappa shape index (κ1) is 14.4. The average molecular weight is 308 g/mol. The van der Waals surface area contributed by atoms with Crippen molar-refractivity contribution in [1.82, 2.24) is 14.8 Å². The normalized spacial score (nSPS) is 19.2. The molecule has 1 aromatic heterocycles. The zero-order chi connectivity index (χ0) is 15.0. The van der Waals surface area contributed by atoms with Crippen LogP contribution in [0.5, 0.6) is 5.75 Å². The largest absolute Gasteiger partial charge is 0.508 e. The lowest BCUT2D eigenvalue weighted by atomic mass is 9.79. The Balaban J connectivity index is 2.01.